The first-order valence-electron chi connectivity index (χ1n) is 8.44. The molecule has 2 heterocycles. The summed E-state index contributed by atoms with van der Waals surface area (Å²) < 4.78 is 6.17. The van der Waals surface area contributed by atoms with E-state index in [0.717, 1.165) is 39.6 Å². The fourth-order valence-corrected chi connectivity index (χ4v) is 3.26. The molecular formula is C22H23NO. The Kier molecular flexibility index (Phi) is 4.66. The monoisotopic (exact) mass is 317 g/mol. The van der Waals surface area contributed by atoms with Crippen molar-refractivity contribution in [2.45, 2.75) is 34.1 Å². The van der Waals surface area contributed by atoms with Crippen LogP contribution in [0.4, 0.5) is 0 Å². The number of benzene rings is 1. The molecule has 0 aliphatic carbocycles. The van der Waals surface area contributed by atoms with E-state index in [4.69, 9.17) is 4.42 Å². The van der Waals surface area contributed by atoms with E-state index >= 15 is 0 Å². The molecule has 24 heavy (non-hydrogen) atoms. The zero-order chi connectivity index (χ0) is 17.1. The summed E-state index contributed by atoms with van der Waals surface area (Å²) >= 11 is 0. The summed E-state index contributed by atoms with van der Waals surface area (Å²) in [6.07, 6.45) is 9.31. The van der Waals surface area contributed by atoms with Gasteiger partial charge in [0.05, 0.1) is 0 Å². The van der Waals surface area contributed by atoms with Gasteiger partial charge in [-0.2, -0.15) is 0 Å². The van der Waals surface area contributed by atoms with Crippen LogP contribution >= 0.6 is 0 Å². The molecule has 2 nitrogen and oxygen atoms in total. The molecule has 2 heteroatoms. The molecule has 0 saturated carbocycles. The summed E-state index contributed by atoms with van der Waals surface area (Å²) in [5.74, 6) is 0. The van der Waals surface area contributed by atoms with Gasteiger partial charge in [0.2, 0.25) is 0 Å². The zero-order valence-electron chi connectivity index (χ0n) is 14.8. The molecule has 2 aromatic heterocycles. The lowest BCUT2D eigenvalue weighted by Crippen LogP contribution is -1.95. The average molecular weight is 317 g/mol. The van der Waals surface area contributed by atoms with Crippen LogP contribution < -0.4 is 0 Å². The van der Waals surface area contributed by atoms with Gasteiger partial charge in [0.15, 0.2) is 5.58 Å². The quantitative estimate of drug-likeness (QED) is 0.501. The van der Waals surface area contributed by atoms with Gasteiger partial charge in [-0.25, -0.2) is 0 Å². The van der Waals surface area contributed by atoms with Crippen LogP contribution in [0.2, 0.25) is 0 Å². The van der Waals surface area contributed by atoms with Crippen LogP contribution in [0.1, 0.15) is 39.8 Å². The molecule has 0 radical (unpaired) electrons. The largest absolute Gasteiger partial charge is 0.454 e. The van der Waals surface area contributed by atoms with Crippen molar-refractivity contribution in [2.75, 3.05) is 0 Å². The first kappa shape index (κ1) is 16.3. The molecule has 0 bridgehead atoms. The lowest BCUT2D eigenvalue weighted by molar-refractivity contribution is 0.665. The number of nitrogens with zero attached hydrogens (tertiary/aromatic N) is 1. The van der Waals surface area contributed by atoms with Crippen LogP contribution in [0.25, 0.3) is 27.5 Å². The van der Waals surface area contributed by atoms with E-state index in [1.54, 1.807) is 0 Å². The standard InChI is InChI=1S/C22H23NO/c1-5-9-15(3)20(16(4)10-6-2)21-22-18(13-14-23-21)17-11-7-8-12-19(17)24-22/h5,7-14H,6H2,1-4H3. The van der Waals surface area contributed by atoms with E-state index in [2.05, 4.69) is 50.0 Å². The second-order valence-electron chi connectivity index (χ2n) is 5.99. The summed E-state index contributed by atoms with van der Waals surface area (Å²) in [6, 6.07) is 10.2. The molecule has 0 amide bonds. The summed E-state index contributed by atoms with van der Waals surface area (Å²) in [5, 5.41) is 2.25. The first-order valence-corrected chi connectivity index (χ1v) is 8.44. The van der Waals surface area contributed by atoms with E-state index in [9.17, 15) is 0 Å². The molecule has 1 aromatic carbocycles. The number of pyridine rings is 1. The summed E-state index contributed by atoms with van der Waals surface area (Å²) in [6.45, 7) is 8.47. The zero-order valence-corrected chi connectivity index (χ0v) is 14.8. The predicted octanol–water partition coefficient (Wildman–Crippen LogP) is 6.69. The second kappa shape index (κ2) is 6.88. The highest BCUT2D eigenvalue weighted by Crippen LogP contribution is 2.36. The number of fused-ring (bicyclic) bond motifs is 3. The maximum Gasteiger partial charge on any atom is 0.161 e. The Labute approximate surface area is 143 Å². The predicted molar refractivity (Wildman–Crippen MR) is 103 cm³/mol. The number of aromatic nitrogens is 1. The number of allylic oxidation sites excluding steroid dienone is 6. The highest BCUT2D eigenvalue weighted by molar-refractivity contribution is 6.08. The van der Waals surface area contributed by atoms with E-state index in [1.165, 1.54) is 11.1 Å². The Morgan fingerprint density at radius 3 is 2.67 bits per heavy atom. The lowest BCUT2D eigenvalue weighted by Gasteiger charge is -2.11. The Balaban J connectivity index is 2.37. The van der Waals surface area contributed by atoms with Crippen molar-refractivity contribution in [3.8, 4) is 0 Å². The van der Waals surface area contributed by atoms with Gasteiger partial charge in [-0.15, -0.1) is 0 Å². The fourth-order valence-electron chi connectivity index (χ4n) is 3.26. The van der Waals surface area contributed by atoms with Gasteiger partial charge < -0.3 is 4.42 Å². The van der Waals surface area contributed by atoms with Crippen LogP contribution in [-0.2, 0) is 0 Å². The second-order valence-corrected chi connectivity index (χ2v) is 5.99. The van der Waals surface area contributed by atoms with Gasteiger partial charge in [0.1, 0.15) is 11.3 Å². The molecule has 0 N–H and O–H groups in total. The Morgan fingerprint density at radius 1 is 1.12 bits per heavy atom. The number of rotatable bonds is 4. The summed E-state index contributed by atoms with van der Waals surface area (Å²) in [5.41, 5.74) is 6.26. The molecule has 3 rings (SSSR count). The lowest BCUT2D eigenvalue weighted by atomic mass is 9.96. The van der Waals surface area contributed by atoms with E-state index in [0.29, 0.717) is 0 Å². The van der Waals surface area contributed by atoms with Gasteiger partial charge in [0.25, 0.3) is 0 Å². The van der Waals surface area contributed by atoms with Crippen molar-refractivity contribution in [1.29, 1.82) is 0 Å². The minimum Gasteiger partial charge on any atom is -0.454 e. The van der Waals surface area contributed by atoms with Gasteiger partial charge in [-0.05, 0) is 50.5 Å². The van der Waals surface area contributed by atoms with Crippen molar-refractivity contribution in [1.82, 2.24) is 4.98 Å². The van der Waals surface area contributed by atoms with Crippen LogP contribution in [-0.4, -0.2) is 4.98 Å². The molecule has 0 spiro atoms. The minimum absolute atomic E-state index is 0.862. The molecule has 3 aromatic rings. The Hall–Kier alpha value is -2.61. The van der Waals surface area contributed by atoms with Crippen LogP contribution in [0.3, 0.4) is 0 Å². The van der Waals surface area contributed by atoms with Crippen molar-refractivity contribution >= 4 is 27.5 Å². The Morgan fingerprint density at radius 2 is 1.92 bits per heavy atom. The molecule has 0 aliphatic rings. The average Bonchev–Trinajstić information content (AvgIpc) is 2.95. The SMILES string of the molecule is CC=CC(C)=C(C(C)=CCC)c1nccc2c1oc1ccccc12. The third-order valence-corrected chi connectivity index (χ3v) is 4.25. The number of hydrogen-bond acceptors (Lipinski definition) is 2. The normalized spacial score (nSPS) is 13.9. The molecule has 0 saturated heterocycles. The smallest absolute Gasteiger partial charge is 0.161 e. The first-order chi connectivity index (χ1) is 11.7. The molecule has 0 unspecified atom stereocenters. The summed E-state index contributed by atoms with van der Waals surface area (Å²) in [7, 11) is 0. The van der Waals surface area contributed by atoms with Crippen molar-refractivity contribution in [3.05, 3.63) is 71.6 Å². The number of hydrogen-bond donors (Lipinski definition) is 0. The maximum absolute atomic E-state index is 6.17. The van der Waals surface area contributed by atoms with Gasteiger partial charge >= 0.3 is 0 Å². The van der Waals surface area contributed by atoms with Gasteiger partial charge in [-0.1, -0.05) is 43.4 Å². The molecule has 0 aliphatic heterocycles. The van der Waals surface area contributed by atoms with Gasteiger partial charge in [0, 0.05) is 22.5 Å². The van der Waals surface area contributed by atoms with E-state index in [1.807, 2.05) is 37.4 Å². The highest BCUT2D eigenvalue weighted by atomic mass is 16.3. The van der Waals surface area contributed by atoms with E-state index < -0.39 is 0 Å². The maximum atomic E-state index is 6.17. The summed E-state index contributed by atoms with van der Waals surface area (Å²) in [4.78, 5) is 4.68. The number of furan rings is 1. The highest BCUT2D eigenvalue weighted by Gasteiger charge is 2.17. The fraction of sp³-hybridized carbons (Fsp3) is 0.227. The van der Waals surface area contributed by atoms with Crippen molar-refractivity contribution < 1.29 is 4.42 Å². The Bertz CT molecular complexity index is 970. The van der Waals surface area contributed by atoms with Crippen molar-refractivity contribution in [2.24, 2.45) is 0 Å². The molecule has 0 fully saturated rings. The molecular weight excluding hydrogens is 294 g/mol. The third kappa shape index (κ3) is 2.80. The number of para-hydroxylation sites is 1. The van der Waals surface area contributed by atoms with Crippen LogP contribution in [0.15, 0.2) is 70.3 Å². The van der Waals surface area contributed by atoms with E-state index in [-0.39, 0.29) is 0 Å². The van der Waals surface area contributed by atoms with Crippen molar-refractivity contribution in [3.63, 3.8) is 0 Å². The van der Waals surface area contributed by atoms with Crippen LogP contribution in [0.5, 0.6) is 0 Å². The van der Waals surface area contributed by atoms with Crippen LogP contribution in [0, 0.1) is 0 Å². The van der Waals surface area contributed by atoms with Gasteiger partial charge in [-0.3, -0.25) is 4.98 Å². The molecule has 0 atom stereocenters. The minimum atomic E-state index is 0.862. The third-order valence-electron chi connectivity index (χ3n) is 4.25. The molecule has 122 valence electrons. The topological polar surface area (TPSA) is 26.0 Å².